The number of nitrogens with one attached hydrogen (secondary N) is 1. The summed E-state index contributed by atoms with van der Waals surface area (Å²) in [5.41, 5.74) is 1.83. The zero-order valence-electron chi connectivity index (χ0n) is 19.3. The highest BCUT2D eigenvalue weighted by Crippen LogP contribution is 2.34. The van der Waals surface area contributed by atoms with E-state index in [1.807, 2.05) is 6.92 Å². The van der Waals surface area contributed by atoms with Gasteiger partial charge in [-0.15, -0.1) is 11.8 Å². The molecule has 2 rings (SSSR count). The monoisotopic (exact) mass is 483 g/mol. The predicted octanol–water partition coefficient (Wildman–Crippen LogP) is 6.28. The second-order valence-electron chi connectivity index (χ2n) is 8.59. The smallest absolute Gasteiger partial charge is 0.397 e. The van der Waals surface area contributed by atoms with E-state index in [1.165, 1.54) is 7.11 Å². The van der Waals surface area contributed by atoms with E-state index in [1.54, 1.807) is 57.2 Å². The first-order chi connectivity index (χ1) is 15.3. The van der Waals surface area contributed by atoms with Crippen LogP contribution in [0.15, 0.2) is 36.4 Å². The minimum atomic E-state index is -4.29. The zero-order valence-corrected chi connectivity index (χ0v) is 20.1. The fourth-order valence-electron chi connectivity index (χ4n) is 2.69. The first kappa shape index (κ1) is 26.6. The van der Waals surface area contributed by atoms with Crippen LogP contribution in [0, 0.1) is 12.3 Å². The lowest BCUT2D eigenvalue weighted by Crippen LogP contribution is -2.27. The van der Waals surface area contributed by atoms with Crippen molar-refractivity contribution in [3.05, 3.63) is 53.1 Å². The van der Waals surface area contributed by atoms with E-state index in [0.717, 1.165) is 5.56 Å². The Morgan fingerprint density at radius 3 is 2.33 bits per heavy atom. The summed E-state index contributed by atoms with van der Waals surface area (Å²) < 4.78 is 48.8. The number of alkyl halides is 3. The third-order valence-electron chi connectivity index (χ3n) is 4.57. The molecule has 2 aromatic rings. The Labute approximate surface area is 196 Å². The van der Waals surface area contributed by atoms with Crippen LogP contribution >= 0.6 is 11.8 Å². The van der Waals surface area contributed by atoms with Crippen LogP contribution in [0.4, 0.5) is 18.9 Å². The molecule has 180 valence electrons. The molecule has 0 saturated carbocycles. The normalized spacial score (nSPS) is 11.8. The van der Waals surface area contributed by atoms with Gasteiger partial charge in [-0.2, -0.15) is 13.2 Å². The molecule has 0 fully saturated rings. The van der Waals surface area contributed by atoms with Gasteiger partial charge in [0.2, 0.25) is 5.91 Å². The van der Waals surface area contributed by atoms with Crippen LogP contribution in [-0.4, -0.2) is 30.9 Å². The number of amides is 1. The first-order valence-corrected chi connectivity index (χ1v) is 11.4. The fraction of sp³-hybridized carbons (Fsp3) is 0.417. The summed E-state index contributed by atoms with van der Waals surface area (Å²) in [6.45, 7) is 7.13. The standard InChI is InChI=1S/C24H28F3NO4S/c1-15-6-7-16(11-21(29)31-5)10-20(15)32-19-9-8-18(28-22(30)23(2,3)4)12-17(19)13-33-14-24(25,26)27/h6-10,12H,11,13-14H2,1-5H3,(H,28,30). The number of halogens is 3. The number of rotatable bonds is 8. The van der Waals surface area contributed by atoms with Crippen LogP contribution in [-0.2, 0) is 26.5 Å². The summed E-state index contributed by atoms with van der Waals surface area (Å²) in [5.74, 6) is -0.723. The second kappa shape index (κ2) is 11.0. The summed E-state index contributed by atoms with van der Waals surface area (Å²) in [6.07, 6.45) is -4.22. The lowest BCUT2D eigenvalue weighted by Gasteiger charge is -2.19. The van der Waals surface area contributed by atoms with E-state index in [4.69, 9.17) is 9.47 Å². The predicted molar refractivity (Wildman–Crippen MR) is 124 cm³/mol. The number of thioether (sulfide) groups is 1. The maximum absolute atomic E-state index is 12.7. The molecule has 0 bridgehead atoms. The van der Waals surface area contributed by atoms with Crippen LogP contribution in [0.25, 0.3) is 0 Å². The van der Waals surface area contributed by atoms with Crippen molar-refractivity contribution in [1.29, 1.82) is 0 Å². The molecule has 33 heavy (non-hydrogen) atoms. The summed E-state index contributed by atoms with van der Waals surface area (Å²) in [4.78, 5) is 23.9. The van der Waals surface area contributed by atoms with Gasteiger partial charge in [0.25, 0.3) is 0 Å². The Morgan fingerprint density at radius 1 is 1.03 bits per heavy atom. The molecule has 0 aromatic heterocycles. The van der Waals surface area contributed by atoms with E-state index in [2.05, 4.69) is 5.32 Å². The SMILES string of the molecule is COC(=O)Cc1ccc(C)c(Oc2ccc(NC(=O)C(C)(C)C)cc2CSCC(F)(F)F)c1. The first-order valence-electron chi connectivity index (χ1n) is 10.2. The molecule has 1 amide bonds. The Hall–Kier alpha value is -2.68. The summed E-state index contributed by atoms with van der Waals surface area (Å²) >= 11 is 0.711. The van der Waals surface area contributed by atoms with Gasteiger partial charge in [-0.3, -0.25) is 9.59 Å². The van der Waals surface area contributed by atoms with Gasteiger partial charge in [0.1, 0.15) is 11.5 Å². The van der Waals surface area contributed by atoms with Gasteiger partial charge in [-0.25, -0.2) is 0 Å². The average Bonchev–Trinajstić information content (AvgIpc) is 2.70. The van der Waals surface area contributed by atoms with Crippen LogP contribution in [0.5, 0.6) is 11.5 Å². The van der Waals surface area contributed by atoms with Crippen molar-refractivity contribution >= 4 is 29.3 Å². The number of aryl methyl sites for hydroxylation is 1. The molecule has 0 aliphatic heterocycles. The van der Waals surface area contributed by atoms with Crippen molar-refractivity contribution in [2.75, 3.05) is 18.2 Å². The van der Waals surface area contributed by atoms with Crippen molar-refractivity contribution in [3.8, 4) is 11.5 Å². The highest BCUT2D eigenvalue weighted by atomic mass is 32.2. The number of esters is 1. The number of hydrogen-bond acceptors (Lipinski definition) is 5. The molecular weight excluding hydrogens is 455 g/mol. The molecule has 0 atom stereocenters. The molecule has 1 N–H and O–H groups in total. The molecule has 9 heteroatoms. The van der Waals surface area contributed by atoms with E-state index in [0.29, 0.717) is 40.1 Å². The third-order valence-corrected chi connectivity index (χ3v) is 5.62. The largest absolute Gasteiger partial charge is 0.469 e. The quantitative estimate of drug-likeness (QED) is 0.448. The number of ether oxygens (including phenoxy) is 2. The lowest BCUT2D eigenvalue weighted by atomic mass is 9.95. The lowest BCUT2D eigenvalue weighted by molar-refractivity contribution is -0.139. The molecule has 0 unspecified atom stereocenters. The average molecular weight is 484 g/mol. The maximum Gasteiger partial charge on any atom is 0.397 e. The molecule has 5 nitrogen and oxygen atoms in total. The van der Waals surface area contributed by atoms with Crippen LogP contribution in [0.1, 0.15) is 37.5 Å². The molecule has 0 saturated heterocycles. The number of carbonyl (C=O) groups excluding carboxylic acids is 2. The highest BCUT2D eigenvalue weighted by Gasteiger charge is 2.27. The molecule has 2 aromatic carbocycles. The Morgan fingerprint density at radius 2 is 1.73 bits per heavy atom. The van der Waals surface area contributed by atoms with E-state index in [-0.39, 0.29) is 18.1 Å². The van der Waals surface area contributed by atoms with Crippen molar-refractivity contribution in [2.24, 2.45) is 5.41 Å². The molecule has 0 spiro atoms. The molecule has 0 aliphatic carbocycles. The van der Waals surface area contributed by atoms with Crippen molar-refractivity contribution in [2.45, 2.75) is 46.0 Å². The number of methoxy groups -OCH3 is 1. The third kappa shape index (κ3) is 8.64. The number of carbonyl (C=O) groups is 2. The topological polar surface area (TPSA) is 64.6 Å². The molecule has 0 aliphatic rings. The van der Waals surface area contributed by atoms with Crippen molar-refractivity contribution < 1.29 is 32.2 Å². The van der Waals surface area contributed by atoms with Crippen LogP contribution in [0.2, 0.25) is 0 Å². The van der Waals surface area contributed by atoms with Gasteiger partial charge in [0.15, 0.2) is 0 Å². The number of benzene rings is 2. The van der Waals surface area contributed by atoms with Gasteiger partial charge in [0.05, 0.1) is 19.3 Å². The van der Waals surface area contributed by atoms with Gasteiger partial charge in [0, 0.05) is 22.4 Å². The van der Waals surface area contributed by atoms with Gasteiger partial charge in [-0.05, 0) is 42.3 Å². The van der Waals surface area contributed by atoms with Crippen molar-refractivity contribution in [3.63, 3.8) is 0 Å². The van der Waals surface area contributed by atoms with Gasteiger partial charge in [-0.1, -0.05) is 32.9 Å². The van der Waals surface area contributed by atoms with Gasteiger partial charge < -0.3 is 14.8 Å². The van der Waals surface area contributed by atoms with Crippen LogP contribution in [0.3, 0.4) is 0 Å². The fourth-order valence-corrected chi connectivity index (χ4v) is 3.47. The van der Waals surface area contributed by atoms with Crippen LogP contribution < -0.4 is 10.1 Å². The Kier molecular flexibility index (Phi) is 8.82. The minimum Gasteiger partial charge on any atom is -0.469 e. The molecule has 0 heterocycles. The summed E-state index contributed by atoms with van der Waals surface area (Å²) in [5, 5.41) is 2.79. The Balaban J connectivity index is 2.33. The Bertz CT molecular complexity index is 1000. The van der Waals surface area contributed by atoms with Crippen molar-refractivity contribution in [1.82, 2.24) is 0 Å². The van der Waals surface area contributed by atoms with E-state index in [9.17, 15) is 22.8 Å². The maximum atomic E-state index is 12.7. The second-order valence-corrected chi connectivity index (χ2v) is 9.58. The van der Waals surface area contributed by atoms with E-state index < -0.39 is 23.3 Å². The van der Waals surface area contributed by atoms with Gasteiger partial charge >= 0.3 is 12.1 Å². The zero-order chi connectivity index (χ0) is 24.8. The highest BCUT2D eigenvalue weighted by molar-refractivity contribution is 7.98. The number of hydrogen-bond donors (Lipinski definition) is 1. The summed E-state index contributed by atoms with van der Waals surface area (Å²) in [6, 6.07) is 10.2. The summed E-state index contributed by atoms with van der Waals surface area (Å²) in [7, 11) is 1.30. The number of anilines is 1. The molecule has 0 radical (unpaired) electrons. The van der Waals surface area contributed by atoms with E-state index >= 15 is 0 Å². The molecular formula is C24H28F3NO4S. The minimum absolute atomic E-state index is 0.0367.